The molecule has 0 fully saturated rings. The van der Waals surface area contributed by atoms with E-state index in [0.717, 1.165) is 33.5 Å². The summed E-state index contributed by atoms with van der Waals surface area (Å²) in [6.45, 7) is 2.71. The van der Waals surface area contributed by atoms with Gasteiger partial charge >= 0.3 is 6.18 Å². The van der Waals surface area contributed by atoms with Gasteiger partial charge in [0, 0.05) is 17.0 Å². The van der Waals surface area contributed by atoms with Crippen molar-refractivity contribution >= 4 is 17.2 Å². The summed E-state index contributed by atoms with van der Waals surface area (Å²) in [4.78, 5) is 2.13. The molecule has 1 aliphatic heterocycles. The highest BCUT2D eigenvalue weighted by Crippen LogP contribution is 2.40. The van der Waals surface area contributed by atoms with Gasteiger partial charge in [0.15, 0.2) is 0 Å². The fourth-order valence-corrected chi connectivity index (χ4v) is 3.89. The van der Waals surface area contributed by atoms with E-state index >= 15 is 0 Å². The van der Waals surface area contributed by atoms with Crippen LogP contribution in [0, 0.1) is 6.92 Å². The molecule has 2 aromatic heterocycles. The number of nitrogens with zero attached hydrogens (tertiary/aromatic N) is 2. The highest BCUT2D eigenvalue weighted by Gasteiger charge is 2.35. The Kier molecular flexibility index (Phi) is 3.42. The number of aryl methyl sites for hydroxylation is 1. The third-order valence-corrected chi connectivity index (χ3v) is 5.07. The van der Waals surface area contributed by atoms with Gasteiger partial charge in [0.2, 0.25) is 0 Å². The number of aromatic nitrogens is 2. The molecule has 0 atom stereocenters. The zero-order valence-electron chi connectivity index (χ0n) is 12.8. The number of benzene rings is 1. The van der Waals surface area contributed by atoms with Crippen LogP contribution in [-0.4, -0.2) is 16.3 Å². The Morgan fingerprint density at radius 2 is 1.96 bits per heavy atom. The molecule has 7 heteroatoms. The van der Waals surface area contributed by atoms with Gasteiger partial charge < -0.3 is 5.32 Å². The molecule has 0 amide bonds. The number of alkyl halides is 3. The Labute approximate surface area is 140 Å². The first-order valence-electron chi connectivity index (χ1n) is 7.54. The first kappa shape index (κ1) is 15.3. The molecule has 3 heterocycles. The Hall–Kier alpha value is -2.28. The summed E-state index contributed by atoms with van der Waals surface area (Å²) in [6.07, 6.45) is -3.66. The fraction of sp³-hybridized carbons (Fsp3) is 0.235. The van der Waals surface area contributed by atoms with E-state index < -0.39 is 11.7 Å². The predicted octanol–water partition coefficient (Wildman–Crippen LogP) is 4.90. The number of para-hydroxylation sites is 1. The molecule has 0 aliphatic carbocycles. The lowest BCUT2D eigenvalue weighted by atomic mass is 10.1. The van der Waals surface area contributed by atoms with Crippen LogP contribution < -0.4 is 5.32 Å². The number of fused-ring (bicyclic) bond motifs is 1. The minimum absolute atomic E-state index is 0.0511. The first-order valence-corrected chi connectivity index (χ1v) is 8.36. The zero-order chi connectivity index (χ0) is 16.9. The van der Waals surface area contributed by atoms with Gasteiger partial charge in [-0.2, -0.15) is 18.3 Å². The summed E-state index contributed by atoms with van der Waals surface area (Å²) in [5, 5.41) is 7.70. The van der Waals surface area contributed by atoms with Gasteiger partial charge in [-0.15, -0.1) is 11.3 Å². The number of rotatable bonds is 2. The maximum Gasteiger partial charge on any atom is 0.418 e. The van der Waals surface area contributed by atoms with Crippen LogP contribution in [0.5, 0.6) is 0 Å². The van der Waals surface area contributed by atoms with E-state index in [4.69, 9.17) is 0 Å². The van der Waals surface area contributed by atoms with Gasteiger partial charge in [-0.05, 0) is 37.6 Å². The van der Waals surface area contributed by atoms with Crippen LogP contribution in [0.15, 0.2) is 36.4 Å². The number of halogens is 3. The second-order valence-electron chi connectivity index (χ2n) is 5.69. The van der Waals surface area contributed by atoms with Crippen LogP contribution in [0.25, 0.3) is 16.3 Å². The molecule has 1 aliphatic rings. The number of nitrogens with one attached hydrogen (secondary N) is 1. The van der Waals surface area contributed by atoms with Gasteiger partial charge in [-0.3, -0.25) is 0 Å². The first-order chi connectivity index (χ1) is 11.4. The molecule has 1 aromatic carbocycles. The topological polar surface area (TPSA) is 29.9 Å². The lowest BCUT2D eigenvalue weighted by molar-refractivity contribution is -0.137. The highest BCUT2D eigenvalue weighted by atomic mass is 32.1. The highest BCUT2D eigenvalue weighted by molar-refractivity contribution is 7.15. The Balaban J connectivity index is 1.93. The minimum atomic E-state index is -4.42. The molecule has 0 bridgehead atoms. The van der Waals surface area contributed by atoms with Crippen molar-refractivity contribution in [2.45, 2.75) is 19.5 Å². The largest absolute Gasteiger partial charge is 0.418 e. The quantitative estimate of drug-likeness (QED) is 0.713. The van der Waals surface area contributed by atoms with E-state index in [1.165, 1.54) is 16.8 Å². The molecule has 3 aromatic rings. The van der Waals surface area contributed by atoms with Crippen LogP contribution in [-0.2, 0) is 12.6 Å². The fourth-order valence-electron chi connectivity index (χ4n) is 3.01. The van der Waals surface area contributed by atoms with Crippen molar-refractivity contribution < 1.29 is 13.2 Å². The summed E-state index contributed by atoms with van der Waals surface area (Å²) in [5.74, 6) is 0.660. The predicted molar refractivity (Wildman–Crippen MR) is 88.8 cm³/mol. The lowest BCUT2D eigenvalue weighted by Gasteiger charge is -2.14. The molecule has 0 radical (unpaired) electrons. The maximum absolute atomic E-state index is 13.4. The molecule has 4 rings (SSSR count). The average Bonchev–Trinajstić information content (AvgIpc) is 3.22. The van der Waals surface area contributed by atoms with E-state index in [9.17, 15) is 13.2 Å². The summed E-state index contributed by atoms with van der Waals surface area (Å²) < 4.78 is 41.5. The molecule has 24 heavy (non-hydrogen) atoms. The molecule has 0 saturated heterocycles. The molecule has 0 saturated carbocycles. The molecule has 1 N–H and O–H groups in total. The van der Waals surface area contributed by atoms with Crippen molar-refractivity contribution in [2.24, 2.45) is 0 Å². The standard InChI is InChI=1S/C17H14F3N3S/c1-10-6-7-14(24-10)15-11-8-9-21-16(11)23(22-15)13-5-3-2-4-12(13)17(18,19)20/h2-7,21H,8-9H2,1H3. The molecular weight excluding hydrogens is 335 g/mol. The lowest BCUT2D eigenvalue weighted by Crippen LogP contribution is -2.13. The Morgan fingerprint density at radius 1 is 1.17 bits per heavy atom. The molecule has 3 nitrogen and oxygen atoms in total. The van der Waals surface area contributed by atoms with E-state index in [1.54, 1.807) is 17.4 Å². The van der Waals surface area contributed by atoms with Crippen molar-refractivity contribution in [2.75, 3.05) is 11.9 Å². The number of hydrogen-bond donors (Lipinski definition) is 1. The molecule has 0 spiro atoms. The summed E-state index contributed by atoms with van der Waals surface area (Å²) in [7, 11) is 0. The van der Waals surface area contributed by atoms with Gasteiger partial charge in [0.25, 0.3) is 0 Å². The third-order valence-electron chi connectivity index (χ3n) is 4.06. The van der Waals surface area contributed by atoms with E-state index in [-0.39, 0.29) is 5.69 Å². The Bertz CT molecular complexity index is 908. The summed E-state index contributed by atoms with van der Waals surface area (Å²) in [5.41, 5.74) is 1.12. The number of anilines is 1. The van der Waals surface area contributed by atoms with Crippen molar-refractivity contribution in [3.05, 3.63) is 52.4 Å². The van der Waals surface area contributed by atoms with E-state index in [1.807, 2.05) is 19.1 Å². The van der Waals surface area contributed by atoms with E-state index in [0.29, 0.717) is 12.4 Å². The SMILES string of the molecule is Cc1ccc(-c2nn(-c3ccccc3C(F)(F)F)c3c2CCN3)s1. The van der Waals surface area contributed by atoms with Gasteiger partial charge in [0.1, 0.15) is 11.5 Å². The van der Waals surface area contributed by atoms with Gasteiger partial charge in [-0.25, -0.2) is 4.68 Å². The molecular formula is C17H14F3N3S. The smallest absolute Gasteiger partial charge is 0.369 e. The minimum Gasteiger partial charge on any atom is -0.369 e. The Morgan fingerprint density at radius 3 is 2.67 bits per heavy atom. The number of hydrogen-bond acceptors (Lipinski definition) is 3. The van der Waals surface area contributed by atoms with Crippen LogP contribution in [0.4, 0.5) is 19.0 Å². The van der Waals surface area contributed by atoms with Crippen molar-refractivity contribution in [1.29, 1.82) is 0 Å². The monoisotopic (exact) mass is 349 g/mol. The third kappa shape index (κ3) is 2.39. The normalized spacial score (nSPS) is 13.8. The molecule has 0 unspecified atom stereocenters. The second kappa shape index (κ2) is 5.37. The van der Waals surface area contributed by atoms with Gasteiger partial charge in [-0.1, -0.05) is 12.1 Å². The van der Waals surface area contributed by atoms with Crippen molar-refractivity contribution in [3.8, 4) is 16.3 Å². The van der Waals surface area contributed by atoms with Crippen LogP contribution in [0.3, 0.4) is 0 Å². The maximum atomic E-state index is 13.4. The van der Waals surface area contributed by atoms with Crippen LogP contribution in [0.1, 0.15) is 16.0 Å². The van der Waals surface area contributed by atoms with E-state index in [2.05, 4.69) is 10.4 Å². The summed E-state index contributed by atoms with van der Waals surface area (Å²) in [6, 6.07) is 9.51. The second-order valence-corrected chi connectivity index (χ2v) is 6.98. The van der Waals surface area contributed by atoms with Crippen LogP contribution >= 0.6 is 11.3 Å². The average molecular weight is 349 g/mol. The number of thiophene rings is 1. The van der Waals surface area contributed by atoms with Crippen molar-refractivity contribution in [3.63, 3.8) is 0 Å². The van der Waals surface area contributed by atoms with Crippen molar-refractivity contribution in [1.82, 2.24) is 9.78 Å². The van der Waals surface area contributed by atoms with Crippen LogP contribution in [0.2, 0.25) is 0 Å². The summed E-state index contributed by atoms with van der Waals surface area (Å²) >= 11 is 1.60. The van der Waals surface area contributed by atoms with Gasteiger partial charge in [0.05, 0.1) is 16.1 Å². The molecule has 124 valence electrons. The zero-order valence-corrected chi connectivity index (χ0v) is 13.6.